The van der Waals surface area contributed by atoms with E-state index in [9.17, 15) is 14.7 Å². The summed E-state index contributed by atoms with van der Waals surface area (Å²) in [4.78, 5) is 28.3. The number of rotatable bonds is 2. The van der Waals surface area contributed by atoms with Gasteiger partial charge in [-0.3, -0.25) is 4.79 Å². The Hall–Kier alpha value is -2.01. The first kappa shape index (κ1) is 13.9. The highest BCUT2D eigenvalue weighted by Crippen LogP contribution is 2.23. The van der Waals surface area contributed by atoms with E-state index in [0.717, 1.165) is 23.7 Å². The van der Waals surface area contributed by atoms with Crippen LogP contribution in [0.3, 0.4) is 0 Å². The third kappa shape index (κ3) is 2.61. The molecule has 0 saturated carbocycles. The maximum atomic E-state index is 12.6. The fourth-order valence-corrected chi connectivity index (χ4v) is 2.97. The molecule has 6 heteroatoms. The Morgan fingerprint density at radius 2 is 2.10 bits per heavy atom. The van der Waals surface area contributed by atoms with Gasteiger partial charge in [-0.15, -0.1) is 0 Å². The number of halogens is 1. The highest BCUT2D eigenvalue weighted by Gasteiger charge is 2.33. The number of likely N-dealkylation sites (tertiary alicyclic amines) is 1. The minimum absolute atomic E-state index is 0.269. The maximum absolute atomic E-state index is 12.6. The number of carbonyl (C=O) groups excluding carboxylic acids is 1. The van der Waals surface area contributed by atoms with E-state index in [4.69, 9.17) is 11.6 Å². The van der Waals surface area contributed by atoms with E-state index in [1.54, 1.807) is 18.2 Å². The Kier molecular flexibility index (Phi) is 3.59. The molecule has 2 heterocycles. The summed E-state index contributed by atoms with van der Waals surface area (Å²) in [7, 11) is 0. The van der Waals surface area contributed by atoms with Gasteiger partial charge in [0.2, 0.25) is 0 Å². The second kappa shape index (κ2) is 5.41. The second-order valence-electron chi connectivity index (χ2n) is 5.26. The van der Waals surface area contributed by atoms with Crippen LogP contribution in [0.1, 0.15) is 29.8 Å². The van der Waals surface area contributed by atoms with Crippen molar-refractivity contribution in [2.75, 3.05) is 6.54 Å². The van der Waals surface area contributed by atoms with Crippen LogP contribution in [0.4, 0.5) is 0 Å². The molecule has 110 valence electrons. The van der Waals surface area contributed by atoms with E-state index in [1.165, 1.54) is 4.90 Å². The topological polar surface area (TPSA) is 73.4 Å². The van der Waals surface area contributed by atoms with E-state index in [0.29, 0.717) is 23.7 Å². The molecule has 21 heavy (non-hydrogen) atoms. The molecule has 3 rings (SSSR count). The first-order valence-electron chi connectivity index (χ1n) is 6.88. The van der Waals surface area contributed by atoms with Gasteiger partial charge in [-0.2, -0.15) is 0 Å². The largest absolute Gasteiger partial charge is 0.480 e. The lowest BCUT2D eigenvalue weighted by molar-refractivity contribution is -0.143. The van der Waals surface area contributed by atoms with Crippen LogP contribution in [-0.4, -0.2) is 39.5 Å². The van der Waals surface area contributed by atoms with Gasteiger partial charge in [-0.25, -0.2) is 4.79 Å². The number of benzene rings is 1. The molecule has 0 unspecified atom stereocenters. The second-order valence-corrected chi connectivity index (χ2v) is 5.70. The zero-order valence-electron chi connectivity index (χ0n) is 11.3. The Labute approximate surface area is 126 Å². The normalized spacial score (nSPS) is 18.9. The summed E-state index contributed by atoms with van der Waals surface area (Å²) in [6.45, 7) is 0.478. The number of aliphatic carboxylic acids is 1. The Morgan fingerprint density at radius 3 is 2.86 bits per heavy atom. The average molecular weight is 307 g/mol. The lowest BCUT2D eigenvalue weighted by atomic mass is 10.0. The summed E-state index contributed by atoms with van der Waals surface area (Å²) >= 11 is 5.93. The molecule has 0 aliphatic carbocycles. The van der Waals surface area contributed by atoms with Crippen molar-refractivity contribution in [3.8, 4) is 0 Å². The number of nitrogens with zero attached hydrogens (tertiary/aromatic N) is 1. The van der Waals surface area contributed by atoms with Crippen LogP contribution < -0.4 is 0 Å². The van der Waals surface area contributed by atoms with Crippen LogP contribution >= 0.6 is 11.6 Å². The molecule has 1 saturated heterocycles. The van der Waals surface area contributed by atoms with Crippen molar-refractivity contribution < 1.29 is 14.7 Å². The third-order valence-electron chi connectivity index (χ3n) is 3.86. The number of piperidine rings is 1. The molecule has 0 bridgehead atoms. The number of hydrogen-bond acceptors (Lipinski definition) is 2. The summed E-state index contributed by atoms with van der Waals surface area (Å²) in [5.41, 5.74) is 1.18. The van der Waals surface area contributed by atoms with E-state index in [1.807, 2.05) is 6.07 Å². The first-order chi connectivity index (χ1) is 10.1. The summed E-state index contributed by atoms with van der Waals surface area (Å²) in [6.07, 6.45) is 2.18. The predicted molar refractivity (Wildman–Crippen MR) is 79.6 cm³/mol. The third-order valence-corrected chi connectivity index (χ3v) is 4.10. The monoisotopic (exact) mass is 306 g/mol. The standard InChI is InChI=1S/C15H15ClN2O3/c16-10-5-4-9-7-12(17-11(9)8-10)14(19)18-6-2-1-3-13(18)15(20)21/h4-5,7-8,13,17H,1-3,6H2,(H,20,21)/t13-/m1/s1. The molecular weight excluding hydrogens is 292 g/mol. The number of aromatic nitrogens is 1. The Morgan fingerprint density at radius 1 is 1.29 bits per heavy atom. The molecule has 1 aliphatic heterocycles. The van der Waals surface area contributed by atoms with Crippen molar-refractivity contribution >= 4 is 34.4 Å². The van der Waals surface area contributed by atoms with Gasteiger partial charge < -0.3 is 15.0 Å². The molecular formula is C15H15ClN2O3. The number of amides is 1. The van der Waals surface area contributed by atoms with Crippen molar-refractivity contribution in [1.29, 1.82) is 0 Å². The predicted octanol–water partition coefficient (Wildman–Crippen LogP) is 2.90. The molecule has 2 N–H and O–H groups in total. The highest BCUT2D eigenvalue weighted by molar-refractivity contribution is 6.31. The van der Waals surface area contributed by atoms with Gasteiger partial charge in [-0.05, 0) is 37.5 Å². The quantitative estimate of drug-likeness (QED) is 0.896. The maximum Gasteiger partial charge on any atom is 0.326 e. The van der Waals surface area contributed by atoms with Gasteiger partial charge >= 0.3 is 5.97 Å². The van der Waals surface area contributed by atoms with Gasteiger partial charge in [0.25, 0.3) is 5.91 Å². The molecule has 2 aromatic rings. The summed E-state index contributed by atoms with van der Waals surface area (Å²) in [5, 5.41) is 10.7. The minimum Gasteiger partial charge on any atom is -0.480 e. The van der Waals surface area contributed by atoms with Crippen LogP contribution in [0.5, 0.6) is 0 Å². The van der Waals surface area contributed by atoms with Crippen molar-refractivity contribution in [3.63, 3.8) is 0 Å². The molecule has 5 nitrogen and oxygen atoms in total. The van der Waals surface area contributed by atoms with Crippen LogP contribution in [0.2, 0.25) is 5.02 Å². The molecule has 0 spiro atoms. The van der Waals surface area contributed by atoms with Crippen molar-refractivity contribution in [3.05, 3.63) is 35.0 Å². The van der Waals surface area contributed by atoms with Crippen LogP contribution in [0.15, 0.2) is 24.3 Å². The molecule has 1 fully saturated rings. The number of hydrogen-bond donors (Lipinski definition) is 2. The molecule has 1 aromatic heterocycles. The van der Waals surface area contributed by atoms with Gasteiger partial charge in [0, 0.05) is 22.5 Å². The summed E-state index contributed by atoms with van der Waals surface area (Å²) in [6, 6.07) is 6.34. The minimum atomic E-state index is -0.942. The van der Waals surface area contributed by atoms with Crippen LogP contribution in [0, 0.1) is 0 Å². The fraction of sp³-hybridized carbons (Fsp3) is 0.333. The SMILES string of the molecule is O=C(O)[C@H]1CCCCN1C(=O)c1cc2ccc(Cl)cc2[nH]1. The van der Waals surface area contributed by atoms with Crippen LogP contribution in [0.25, 0.3) is 10.9 Å². The highest BCUT2D eigenvalue weighted by atomic mass is 35.5. The first-order valence-corrected chi connectivity index (χ1v) is 7.26. The van der Waals surface area contributed by atoms with Crippen LogP contribution in [-0.2, 0) is 4.79 Å². The average Bonchev–Trinajstić information content (AvgIpc) is 2.89. The fourth-order valence-electron chi connectivity index (χ4n) is 2.80. The number of nitrogens with one attached hydrogen (secondary N) is 1. The smallest absolute Gasteiger partial charge is 0.326 e. The Bertz CT molecular complexity index is 710. The van der Waals surface area contributed by atoms with Crippen molar-refractivity contribution in [2.24, 2.45) is 0 Å². The van der Waals surface area contributed by atoms with Crippen molar-refractivity contribution in [1.82, 2.24) is 9.88 Å². The molecule has 1 aliphatic rings. The number of carbonyl (C=O) groups is 2. The van der Waals surface area contributed by atoms with Gasteiger partial charge in [0.15, 0.2) is 0 Å². The van der Waals surface area contributed by atoms with E-state index < -0.39 is 12.0 Å². The lowest BCUT2D eigenvalue weighted by Gasteiger charge is -2.32. The number of carboxylic acid groups (broad SMARTS) is 1. The molecule has 1 amide bonds. The van der Waals surface area contributed by atoms with E-state index >= 15 is 0 Å². The number of carboxylic acids is 1. The number of fused-ring (bicyclic) bond motifs is 1. The zero-order chi connectivity index (χ0) is 15.0. The van der Waals surface area contributed by atoms with E-state index in [-0.39, 0.29) is 5.91 Å². The van der Waals surface area contributed by atoms with E-state index in [2.05, 4.69) is 4.98 Å². The van der Waals surface area contributed by atoms with Gasteiger partial charge in [-0.1, -0.05) is 17.7 Å². The summed E-state index contributed by atoms with van der Waals surface area (Å²) < 4.78 is 0. The molecule has 1 atom stereocenters. The number of aromatic amines is 1. The number of H-pyrrole nitrogens is 1. The van der Waals surface area contributed by atoms with Gasteiger partial charge in [0.1, 0.15) is 11.7 Å². The van der Waals surface area contributed by atoms with Crippen molar-refractivity contribution in [2.45, 2.75) is 25.3 Å². The lowest BCUT2D eigenvalue weighted by Crippen LogP contribution is -2.48. The Balaban J connectivity index is 1.93. The zero-order valence-corrected chi connectivity index (χ0v) is 12.1. The summed E-state index contributed by atoms with van der Waals surface area (Å²) in [5.74, 6) is -1.21. The van der Waals surface area contributed by atoms with Gasteiger partial charge in [0.05, 0.1) is 0 Å². The molecule has 0 radical (unpaired) electrons. The molecule has 1 aromatic carbocycles.